The van der Waals surface area contributed by atoms with E-state index in [2.05, 4.69) is 9.73 Å². The highest BCUT2D eigenvalue weighted by Gasteiger charge is 2.35. The predicted octanol–water partition coefficient (Wildman–Crippen LogP) is -0.657. The summed E-state index contributed by atoms with van der Waals surface area (Å²) in [6.07, 6.45) is 0.747. The molecule has 66 valence electrons. The van der Waals surface area contributed by atoms with Crippen molar-refractivity contribution in [3.05, 3.63) is 11.1 Å². The number of carboxylic acids is 1. The summed E-state index contributed by atoms with van der Waals surface area (Å²) in [5, 5.41) is 7.80. The van der Waals surface area contributed by atoms with Crippen LogP contribution in [0.25, 0.3) is 0 Å². The third-order valence-electron chi connectivity index (χ3n) is 1.19. The van der Waals surface area contributed by atoms with Crippen LogP contribution in [0.5, 0.6) is 0 Å². The molecule has 1 rings (SSSR count). The van der Waals surface area contributed by atoms with Crippen LogP contribution < -0.4 is 0 Å². The first-order chi connectivity index (χ1) is 5.50. The second-order valence-corrected chi connectivity index (χ2v) is 3.70. The number of ether oxygens (including phenoxy) is 1. The van der Waals surface area contributed by atoms with E-state index in [1.807, 2.05) is 0 Å². The molecule has 0 bridgehead atoms. The summed E-state index contributed by atoms with van der Waals surface area (Å²) >= 11 is 0. The van der Waals surface area contributed by atoms with Crippen LogP contribution in [-0.4, -0.2) is 31.8 Å². The van der Waals surface area contributed by atoms with Crippen LogP contribution in [0.1, 0.15) is 0 Å². The first-order valence-corrected chi connectivity index (χ1v) is 4.29. The average Bonchev–Trinajstić information content (AvgIpc) is 2.24. The van der Waals surface area contributed by atoms with Gasteiger partial charge in [-0.05, 0) is 0 Å². The molecule has 0 spiro atoms. The zero-order valence-corrected chi connectivity index (χ0v) is 6.83. The smallest absolute Gasteiger partial charge is 0.349 e. The van der Waals surface area contributed by atoms with Crippen molar-refractivity contribution in [2.45, 2.75) is 0 Å². The molecule has 0 saturated carbocycles. The van der Waals surface area contributed by atoms with Gasteiger partial charge < -0.3 is 9.84 Å². The molecule has 0 aromatic rings. The van der Waals surface area contributed by atoms with Gasteiger partial charge in [0.2, 0.25) is 0 Å². The van der Waals surface area contributed by atoms with Gasteiger partial charge in [0.25, 0.3) is 9.84 Å². The van der Waals surface area contributed by atoms with Crippen LogP contribution in [0.15, 0.2) is 16.1 Å². The second kappa shape index (κ2) is 2.59. The Labute approximate surface area is 68.1 Å². The highest BCUT2D eigenvalue weighted by Crippen LogP contribution is 2.17. The van der Waals surface area contributed by atoms with Crippen molar-refractivity contribution >= 4 is 21.0 Å². The van der Waals surface area contributed by atoms with Crippen molar-refractivity contribution < 1.29 is 23.1 Å². The number of methoxy groups -OCH3 is 1. The van der Waals surface area contributed by atoms with Gasteiger partial charge in [0.15, 0.2) is 4.91 Å². The maximum atomic E-state index is 11.1. The molecule has 0 unspecified atom stereocenters. The van der Waals surface area contributed by atoms with Crippen molar-refractivity contribution in [2.75, 3.05) is 7.11 Å². The van der Waals surface area contributed by atoms with Crippen molar-refractivity contribution in [2.24, 2.45) is 4.99 Å². The summed E-state index contributed by atoms with van der Waals surface area (Å²) in [5.41, 5.74) is 0. The van der Waals surface area contributed by atoms with E-state index in [1.165, 1.54) is 0 Å². The lowest BCUT2D eigenvalue weighted by Gasteiger charge is -1.98. The zero-order valence-electron chi connectivity index (χ0n) is 6.01. The topological polar surface area (TPSA) is 93.0 Å². The fraction of sp³-hybridized carbons (Fsp3) is 0.200. The fourth-order valence-corrected chi connectivity index (χ4v) is 1.70. The Kier molecular flexibility index (Phi) is 1.89. The molecule has 0 saturated heterocycles. The second-order valence-electron chi connectivity index (χ2n) is 1.90. The summed E-state index contributed by atoms with van der Waals surface area (Å²) in [5.74, 6) is -1.54. The summed E-state index contributed by atoms with van der Waals surface area (Å²) < 4.78 is 26.5. The molecule has 0 atom stereocenters. The van der Waals surface area contributed by atoms with Gasteiger partial charge in [0.05, 0.1) is 13.3 Å². The SMILES string of the molecule is COC1=NC=C(C(=O)O)S1(=O)=O. The van der Waals surface area contributed by atoms with Crippen LogP contribution in [0.2, 0.25) is 0 Å². The highest BCUT2D eigenvalue weighted by atomic mass is 32.2. The molecular formula is C5H5NO5S. The van der Waals surface area contributed by atoms with Gasteiger partial charge in [-0.1, -0.05) is 0 Å². The number of hydrogen-bond donors (Lipinski definition) is 1. The lowest BCUT2D eigenvalue weighted by atomic mass is 10.6. The molecule has 0 radical (unpaired) electrons. The van der Waals surface area contributed by atoms with Gasteiger partial charge in [0, 0.05) is 0 Å². The fourth-order valence-electron chi connectivity index (χ4n) is 0.677. The monoisotopic (exact) mass is 191 g/mol. The third-order valence-corrected chi connectivity index (χ3v) is 2.78. The number of sulfone groups is 1. The van der Waals surface area contributed by atoms with E-state index >= 15 is 0 Å². The Morgan fingerprint density at radius 2 is 2.25 bits per heavy atom. The van der Waals surface area contributed by atoms with Crippen LogP contribution >= 0.6 is 0 Å². The van der Waals surface area contributed by atoms with Crippen molar-refractivity contribution in [1.29, 1.82) is 0 Å². The Hall–Kier alpha value is -1.37. The Morgan fingerprint density at radius 3 is 2.50 bits per heavy atom. The van der Waals surface area contributed by atoms with E-state index < -0.39 is 25.9 Å². The number of rotatable bonds is 1. The number of aliphatic imine (C=N–C) groups is 1. The van der Waals surface area contributed by atoms with Crippen molar-refractivity contribution in [3.63, 3.8) is 0 Å². The molecule has 0 aliphatic carbocycles. The zero-order chi connectivity index (χ0) is 9.35. The minimum atomic E-state index is -3.99. The Morgan fingerprint density at radius 1 is 1.67 bits per heavy atom. The standard InChI is InChI=1S/C5H5NO5S/c1-11-5-6-2-3(4(7)8)12(5,9)10/h2H,1H3,(H,7,8). The lowest BCUT2D eigenvalue weighted by molar-refractivity contribution is -0.131. The highest BCUT2D eigenvalue weighted by molar-refractivity contribution is 8.10. The molecule has 1 N–H and O–H groups in total. The summed E-state index contributed by atoms with van der Waals surface area (Å²) in [6.45, 7) is 0. The van der Waals surface area contributed by atoms with Gasteiger partial charge >= 0.3 is 11.2 Å². The summed E-state index contributed by atoms with van der Waals surface area (Å²) in [4.78, 5) is 12.8. The average molecular weight is 191 g/mol. The normalized spacial score (nSPS) is 19.8. The predicted molar refractivity (Wildman–Crippen MR) is 39.1 cm³/mol. The minimum Gasteiger partial charge on any atom is -0.477 e. The van der Waals surface area contributed by atoms with Gasteiger partial charge in [-0.25, -0.2) is 18.2 Å². The van der Waals surface area contributed by atoms with Gasteiger partial charge in [0.1, 0.15) is 0 Å². The number of hydrogen-bond acceptors (Lipinski definition) is 5. The Bertz CT molecular complexity index is 377. The van der Waals surface area contributed by atoms with Crippen LogP contribution in [-0.2, 0) is 19.4 Å². The van der Waals surface area contributed by atoms with Gasteiger partial charge in [-0.3, -0.25) is 0 Å². The lowest BCUT2D eigenvalue weighted by Crippen LogP contribution is -2.18. The van der Waals surface area contributed by atoms with E-state index in [0.29, 0.717) is 0 Å². The van der Waals surface area contributed by atoms with Crippen LogP contribution in [0.4, 0.5) is 0 Å². The molecule has 0 aromatic carbocycles. The van der Waals surface area contributed by atoms with Crippen LogP contribution in [0, 0.1) is 0 Å². The molecule has 1 aliphatic rings. The number of carboxylic acid groups (broad SMARTS) is 1. The molecule has 6 nitrogen and oxygen atoms in total. The maximum Gasteiger partial charge on any atom is 0.349 e. The van der Waals surface area contributed by atoms with E-state index in [0.717, 1.165) is 13.3 Å². The van der Waals surface area contributed by atoms with E-state index in [4.69, 9.17) is 5.11 Å². The summed E-state index contributed by atoms with van der Waals surface area (Å²) in [7, 11) is -2.88. The minimum absolute atomic E-state index is 0.583. The van der Waals surface area contributed by atoms with Crippen molar-refractivity contribution in [1.82, 2.24) is 0 Å². The van der Waals surface area contributed by atoms with Gasteiger partial charge in [-0.15, -0.1) is 0 Å². The number of carbonyl (C=O) groups is 1. The molecule has 0 fully saturated rings. The first-order valence-electron chi connectivity index (χ1n) is 2.80. The number of aliphatic carboxylic acids is 1. The van der Waals surface area contributed by atoms with Crippen LogP contribution in [0.3, 0.4) is 0 Å². The largest absolute Gasteiger partial charge is 0.477 e. The number of nitrogens with zero attached hydrogens (tertiary/aromatic N) is 1. The quantitative estimate of drug-likeness (QED) is 0.594. The molecule has 0 amide bonds. The molecular weight excluding hydrogens is 186 g/mol. The van der Waals surface area contributed by atoms with Gasteiger partial charge in [-0.2, -0.15) is 0 Å². The van der Waals surface area contributed by atoms with Crippen molar-refractivity contribution in [3.8, 4) is 0 Å². The Balaban J connectivity index is 3.15. The van der Waals surface area contributed by atoms with E-state index in [-0.39, 0.29) is 0 Å². The van der Waals surface area contributed by atoms with E-state index in [9.17, 15) is 13.2 Å². The first kappa shape index (κ1) is 8.72. The molecule has 0 aromatic heterocycles. The molecule has 12 heavy (non-hydrogen) atoms. The summed E-state index contributed by atoms with van der Waals surface area (Å²) in [6, 6.07) is 0. The molecule has 7 heteroatoms. The molecule has 1 heterocycles. The maximum absolute atomic E-state index is 11.1. The molecule has 1 aliphatic heterocycles. The van der Waals surface area contributed by atoms with E-state index in [1.54, 1.807) is 0 Å². The third kappa shape index (κ3) is 1.07.